The number of carboxylic acids is 2. The molecule has 2 aromatic rings. The quantitative estimate of drug-likeness (QED) is 0.119. The number of carbonyl (C=O) groups is 3. The van der Waals surface area contributed by atoms with Gasteiger partial charge >= 0.3 is 17.9 Å². The molecule has 0 saturated carbocycles. The Balaban J connectivity index is 1.71. The van der Waals surface area contributed by atoms with Crippen molar-refractivity contribution in [3.05, 3.63) is 58.6 Å². The number of benzene rings is 1. The number of ether oxygens (including phenoxy) is 3. The molecule has 228 valence electrons. The van der Waals surface area contributed by atoms with Crippen molar-refractivity contribution in [1.29, 1.82) is 0 Å². The van der Waals surface area contributed by atoms with Crippen molar-refractivity contribution in [2.75, 3.05) is 0 Å². The molecule has 15 heteroatoms. The Labute approximate surface area is 245 Å². The molecule has 3 heterocycles. The predicted molar refractivity (Wildman–Crippen MR) is 144 cm³/mol. The van der Waals surface area contributed by atoms with Crippen molar-refractivity contribution >= 4 is 30.1 Å². The second-order valence-corrected chi connectivity index (χ2v) is 11.1. The van der Waals surface area contributed by atoms with Crippen molar-refractivity contribution in [1.82, 2.24) is 14.8 Å². The lowest BCUT2D eigenvalue weighted by Crippen LogP contribution is -2.74. The molecule has 1 aromatic carbocycles. The number of hydrogen-bond acceptors (Lipinski definition) is 11. The van der Waals surface area contributed by atoms with Gasteiger partial charge in [0.2, 0.25) is 11.2 Å². The van der Waals surface area contributed by atoms with E-state index in [0.29, 0.717) is 12.0 Å². The van der Waals surface area contributed by atoms with Crippen molar-refractivity contribution in [2.24, 2.45) is 13.0 Å². The fourth-order valence-electron chi connectivity index (χ4n) is 5.78. The zero-order valence-electron chi connectivity index (χ0n) is 23.1. The maximum Gasteiger partial charge on any atom is 0.342 e. The first-order valence-electron chi connectivity index (χ1n) is 13.1. The molecule has 8 atom stereocenters. The Morgan fingerprint density at radius 1 is 1.19 bits per heavy atom. The Morgan fingerprint density at radius 2 is 1.83 bits per heavy atom. The van der Waals surface area contributed by atoms with Crippen molar-refractivity contribution in [3.8, 4) is 0 Å². The summed E-state index contributed by atoms with van der Waals surface area (Å²) in [5.41, 5.74) is -5.42. The monoisotopic (exact) mass is 607 g/mol. The zero-order chi connectivity index (χ0) is 31.2. The summed E-state index contributed by atoms with van der Waals surface area (Å²) in [6, 6.07) is 9.46. The molecule has 2 aliphatic rings. The van der Waals surface area contributed by atoms with E-state index < -0.39 is 59.3 Å². The molecule has 0 unspecified atom stereocenters. The van der Waals surface area contributed by atoms with Gasteiger partial charge in [-0.2, -0.15) is 5.10 Å². The molecular weight excluding hydrogens is 574 g/mol. The summed E-state index contributed by atoms with van der Waals surface area (Å²) in [7, 11) is 1.37. The van der Waals surface area contributed by atoms with Gasteiger partial charge in [-0.3, -0.25) is 9.89 Å². The number of aliphatic carboxylic acids is 2. The SMILES string of the molecule is C=C(CC[C@]12O[C@H](c3n[nH]c(=S)n3C)[C@@](O)(C(=O)O)[C@](C(=O)O)(O1)[C@H](O)[C@H]2O)[C@@H](OC(C)=O)[C@H](C)Cc1ccccc1. The molecule has 2 aliphatic heterocycles. The molecule has 0 amide bonds. The summed E-state index contributed by atoms with van der Waals surface area (Å²) >= 11 is 5.09. The van der Waals surface area contributed by atoms with E-state index in [1.807, 2.05) is 37.3 Å². The van der Waals surface area contributed by atoms with Gasteiger partial charge in [0, 0.05) is 26.3 Å². The van der Waals surface area contributed by atoms with Crippen LogP contribution in [0.5, 0.6) is 0 Å². The lowest BCUT2D eigenvalue weighted by Gasteiger charge is -2.49. The number of aromatic nitrogens is 3. The summed E-state index contributed by atoms with van der Waals surface area (Å²) in [5.74, 6) is -7.67. The molecule has 2 saturated heterocycles. The molecule has 0 spiro atoms. The average Bonchev–Trinajstić information content (AvgIpc) is 3.36. The van der Waals surface area contributed by atoms with Gasteiger partial charge in [0.25, 0.3) is 0 Å². The van der Waals surface area contributed by atoms with E-state index in [0.717, 1.165) is 10.1 Å². The Bertz CT molecular complexity index is 1440. The highest BCUT2D eigenvalue weighted by Gasteiger charge is 2.84. The van der Waals surface area contributed by atoms with Crippen LogP contribution in [0.4, 0.5) is 0 Å². The Morgan fingerprint density at radius 3 is 2.36 bits per heavy atom. The fraction of sp³-hybridized carbons (Fsp3) is 0.519. The van der Waals surface area contributed by atoms with Gasteiger partial charge in [0.1, 0.15) is 18.3 Å². The normalized spacial score (nSPS) is 31.7. The number of carbonyl (C=O) groups excluding carboxylic acids is 1. The molecule has 2 fully saturated rings. The molecule has 4 rings (SSSR count). The number of fused-ring (bicyclic) bond motifs is 2. The molecule has 0 aliphatic carbocycles. The molecule has 6 N–H and O–H groups in total. The third-order valence-corrected chi connectivity index (χ3v) is 8.33. The number of nitrogens with zero attached hydrogens (tertiary/aromatic N) is 2. The lowest BCUT2D eigenvalue weighted by molar-refractivity contribution is -0.384. The van der Waals surface area contributed by atoms with Crippen molar-refractivity contribution in [2.45, 2.75) is 74.5 Å². The van der Waals surface area contributed by atoms with E-state index in [-0.39, 0.29) is 29.4 Å². The Kier molecular flexibility index (Phi) is 8.48. The van der Waals surface area contributed by atoms with Crippen molar-refractivity contribution < 1.29 is 54.1 Å². The van der Waals surface area contributed by atoms with Crippen LogP contribution in [0, 0.1) is 10.7 Å². The van der Waals surface area contributed by atoms with E-state index in [4.69, 9.17) is 26.4 Å². The minimum atomic E-state index is -3.48. The molecule has 42 heavy (non-hydrogen) atoms. The maximum absolute atomic E-state index is 12.6. The molecular formula is C27H33N3O11S. The standard InChI is InChI=1S/C27H33N3O11S/c1-13(17(39-15(3)31)14(2)12-16-8-6-5-7-9-16)10-11-25-18(32)19(33)27(41-25,23(36)37)26(38,22(34)35)20(40-25)21-28-29-24(42)30(21)4/h5-9,14,17-20,32-33,38H,1,10-12H2,2-4H3,(H,29,42)(H,34,35)(H,36,37)/t14-,17-,18-,19-,20-,25+,26-,27+/m1/s1. The van der Waals surface area contributed by atoms with E-state index >= 15 is 0 Å². The third kappa shape index (κ3) is 4.85. The predicted octanol–water partition coefficient (Wildman–Crippen LogP) is 0.783. The molecule has 1 aromatic heterocycles. The van der Waals surface area contributed by atoms with Gasteiger partial charge in [0.15, 0.2) is 22.5 Å². The smallest absolute Gasteiger partial charge is 0.342 e. The summed E-state index contributed by atoms with van der Waals surface area (Å²) in [6.07, 6.45) is -7.44. The highest BCUT2D eigenvalue weighted by molar-refractivity contribution is 7.71. The van der Waals surface area contributed by atoms with Crippen LogP contribution in [0.3, 0.4) is 0 Å². The van der Waals surface area contributed by atoms with Gasteiger partial charge in [0.05, 0.1) is 0 Å². The number of H-pyrrole nitrogens is 1. The summed E-state index contributed by atoms with van der Waals surface area (Å²) in [5, 5.41) is 60.3. The maximum atomic E-state index is 12.6. The highest BCUT2D eigenvalue weighted by Crippen LogP contribution is 2.58. The van der Waals surface area contributed by atoms with Gasteiger partial charge in [-0.05, 0) is 36.2 Å². The summed E-state index contributed by atoms with van der Waals surface area (Å²) in [6.45, 7) is 7.15. The minimum Gasteiger partial charge on any atom is -0.479 e. The van der Waals surface area contributed by atoms with Crippen molar-refractivity contribution in [3.63, 3.8) is 0 Å². The van der Waals surface area contributed by atoms with Crippen LogP contribution >= 0.6 is 12.2 Å². The molecule has 14 nitrogen and oxygen atoms in total. The lowest BCUT2D eigenvalue weighted by atomic mass is 9.74. The van der Waals surface area contributed by atoms with Gasteiger partial charge in [-0.25, -0.2) is 9.59 Å². The van der Waals surface area contributed by atoms with Gasteiger partial charge in [-0.1, -0.05) is 43.8 Å². The number of rotatable bonds is 11. The summed E-state index contributed by atoms with van der Waals surface area (Å²) < 4.78 is 18.3. The zero-order valence-corrected chi connectivity index (χ0v) is 23.9. The number of aliphatic hydroxyl groups excluding tert-OH is 2. The van der Waals surface area contributed by atoms with Crippen LogP contribution in [0.2, 0.25) is 0 Å². The fourth-order valence-corrected chi connectivity index (χ4v) is 5.92. The largest absolute Gasteiger partial charge is 0.479 e. The third-order valence-electron chi connectivity index (χ3n) is 7.96. The Hall–Kier alpha value is -3.47. The van der Waals surface area contributed by atoms with Crippen LogP contribution in [-0.4, -0.2) is 93.5 Å². The van der Waals surface area contributed by atoms with E-state index in [9.17, 15) is 39.9 Å². The highest BCUT2D eigenvalue weighted by atomic mass is 32.1. The number of carboxylic acid groups (broad SMARTS) is 2. The first-order valence-corrected chi connectivity index (χ1v) is 13.5. The van der Waals surface area contributed by atoms with Crippen LogP contribution in [0.25, 0.3) is 0 Å². The topological polar surface area (TPSA) is 214 Å². The number of aliphatic hydroxyl groups is 3. The van der Waals surface area contributed by atoms with Gasteiger partial charge in [-0.15, -0.1) is 0 Å². The first-order chi connectivity index (χ1) is 19.6. The van der Waals surface area contributed by atoms with E-state index in [2.05, 4.69) is 16.8 Å². The summed E-state index contributed by atoms with van der Waals surface area (Å²) in [4.78, 5) is 37.1. The van der Waals surface area contributed by atoms with Crippen LogP contribution < -0.4 is 0 Å². The van der Waals surface area contributed by atoms with E-state index in [1.165, 1.54) is 14.0 Å². The number of hydrogen-bond donors (Lipinski definition) is 6. The number of aromatic amines is 1. The molecule has 2 bridgehead atoms. The van der Waals surface area contributed by atoms with Crippen LogP contribution in [0.1, 0.15) is 44.2 Å². The number of nitrogens with one attached hydrogen (secondary N) is 1. The van der Waals surface area contributed by atoms with Gasteiger partial charge < -0.3 is 44.3 Å². The van der Waals surface area contributed by atoms with Crippen LogP contribution in [-0.2, 0) is 42.1 Å². The molecule has 0 radical (unpaired) electrons. The second kappa shape index (κ2) is 11.3. The minimum absolute atomic E-state index is 0.00953. The van der Waals surface area contributed by atoms with Crippen LogP contribution in [0.15, 0.2) is 42.5 Å². The average molecular weight is 608 g/mol. The first kappa shape index (κ1) is 31.5. The second-order valence-electron chi connectivity index (χ2n) is 10.7. The number of esters is 1. The van der Waals surface area contributed by atoms with E-state index in [1.54, 1.807) is 0 Å².